The number of benzene rings is 1. The van der Waals surface area contributed by atoms with Gasteiger partial charge in [-0.1, -0.05) is 6.07 Å². The Balaban J connectivity index is 2.24. The summed E-state index contributed by atoms with van der Waals surface area (Å²) in [6.45, 7) is -1.44. The lowest BCUT2D eigenvalue weighted by molar-refractivity contribution is -0.153. The van der Waals surface area contributed by atoms with Crippen LogP contribution >= 0.6 is 0 Å². The number of rotatable bonds is 4. The predicted octanol–water partition coefficient (Wildman–Crippen LogP) is 2.11. The van der Waals surface area contributed by atoms with Crippen molar-refractivity contribution in [1.82, 2.24) is 5.43 Å². The number of amides is 1. The summed E-state index contributed by atoms with van der Waals surface area (Å²) in [4.78, 5) is 11.5. The van der Waals surface area contributed by atoms with Crippen molar-refractivity contribution in [1.29, 1.82) is 0 Å². The monoisotopic (exact) mass is 274 g/mol. The van der Waals surface area contributed by atoms with E-state index in [0.717, 1.165) is 18.4 Å². The van der Waals surface area contributed by atoms with Gasteiger partial charge in [0.25, 0.3) is 5.91 Å². The smallest absolute Gasteiger partial charge is 0.422 e. The highest BCUT2D eigenvalue weighted by Gasteiger charge is 2.30. The first kappa shape index (κ1) is 13.7. The second-order valence-corrected chi connectivity index (χ2v) is 4.41. The molecule has 0 aromatic heterocycles. The van der Waals surface area contributed by atoms with Gasteiger partial charge in [0.1, 0.15) is 5.75 Å². The number of nitrogens with one attached hydrogen (secondary N) is 1. The fourth-order valence-corrected chi connectivity index (χ4v) is 1.75. The van der Waals surface area contributed by atoms with Crippen LogP contribution in [-0.2, 0) is 0 Å². The molecule has 0 unspecified atom stereocenters. The summed E-state index contributed by atoms with van der Waals surface area (Å²) in [6.07, 6.45) is -2.45. The molecule has 7 heteroatoms. The Morgan fingerprint density at radius 2 is 2.11 bits per heavy atom. The molecule has 1 fully saturated rings. The average Bonchev–Trinajstić information content (AvgIpc) is 3.18. The Bertz CT molecular complexity index is 484. The van der Waals surface area contributed by atoms with Gasteiger partial charge in [0, 0.05) is 0 Å². The molecule has 0 atom stereocenters. The number of hydrogen-bond donors (Lipinski definition) is 2. The molecule has 4 nitrogen and oxygen atoms in total. The number of carbonyl (C=O) groups is 1. The van der Waals surface area contributed by atoms with Gasteiger partial charge in [-0.25, -0.2) is 5.84 Å². The van der Waals surface area contributed by atoms with E-state index in [-0.39, 0.29) is 11.3 Å². The number of hydrogen-bond acceptors (Lipinski definition) is 3. The summed E-state index contributed by atoms with van der Waals surface area (Å²) < 4.78 is 41.2. The van der Waals surface area contributed by atoms with Gasteiger partial charge in [0.2, 0.25) is 0 Å². The Morgan fingerprint density at radius 3 is 2.63 bits per heavy atom. The molecule has 1 aliphatic carbocycles. The summed E-state index contributed by atoms with van der Waals surface area (Å²) in [5.41, 5.74) is 2.76. The van der Waals surface area contributed by atoms with Crippen molar-refractivity contribution >= 4 is 5.91 Å². The van der Waals surface area contributed by atoms with Gasteiger partial charge in [-0.3, -0.25) is 10.2 Å². The van der Waals surface area contributed by atoms with Crippen LogP contribution in [0.1, 0.15) is 34.7 Å². The van der Waals surface area contributed by atoms with Crippen molar-refractivity contribution in [3.8, 4) is 5.75 Å². The van der Waals surface area contributed by atoms with Gasteiger partial charge in [-0.2, -0.15) is 13.2 Å². The molecule has 0 spiro atoms. The van der Waals surface area contributed by atoms with E-state index in [4.69, 9.17) is 10.6 Å². The molecule has 0 bridgehead atoms. The van der Waals surface area contributed by atoms with Gasteiger partial charge >= 0.3 is 6.18 Å². The van der Waals surface area contributed by atoms with E-state index in [1.807, 2.05) is 5.43 Å². The summed E-state index contributed by atoms with van der Waals surface area (Å²) in [5.74, 6) is 4.56. The van der Waals surface area contributed by atoms with Crippen molar-refractivity contribution in [2.24, 2.45) is 5.84 Å². The van der Waals surface area contributed by atoms with E-state index in [9.17, 15) is 18.0 Å². The third kappa shape index (κ3) is 3.60. The van der Waals surface area contributed by atoms with Crippen LogP contribution < -0.4 is 16.0 Å². The van der Waals surface area contributed by atoms with Crippen molar-refractivity contribution in [2.75, 3.05) is 6.61 Å². The fourth-order valence-electron chi connectivity index (χ4n) is 1.75. The van der Waals surface area contributed by atoms with Gasteiger partial charge < -0.3 is 4.74 Å². The fraction of sp³-hybridized carbons (Fsp3) is 0.417. The van der Waals surface area contributed by atoms with E-state index in [1.54, 1.807) is 6.07 Å². The van der Waals surface area contributed by atoms with E-state index >= 15 is 0 Å². The maximum absolute atomic E-state index is 12.2. The van der Waals surface area contributed by atoms with Crippen LogP contribution in [0.4, 0.5) is 13.2 Å². The van der Waals surface area contributed by atoms with Crippen LogP contribution in [0.15, 0.2) is 18.2 Å². The molecule has 1 aromatic carbocycles. The molecule has 19 heavy (non-hydrogen) atoms. The van der Waals surface area contributed by atoms with Gasteiger partial charge in [0.15, 0.2) is 6.61 Å². The Kier molecular flexibility index (Phi) is 3.66. The second kappa shape index (κ2) is 5.08. The zero-order chi connectivity index (χ0) is 14.0. The van der Waals surface area contributed by atoms with E-state index in [1.165, 1.54) is 12.1 Å². The standard InChI is InChI=1S/C12H13F3N2O2/c13-12(14,15)6-19-10-5-8(7-1-2-7)3-4-9(10)11(18)17-16/h3-5,7H,1-2,6,16H2,(H,17,18). The summed E-state index contributed by atoms with van der Waals surface area (Å²) in [5, 5.41) is 0. The van der Waals surface area contributed by atoms with E-state index < -0.39 is 18.7 Å². The zero-order valence-electron chi connectivity index (χ0n) is 9.96. The molecule has 104 valence electrons. The largest absolute Gasteiger partial charge is 0.483 e. The molecule has 1 saturated carbocycles. The third-order valence-electron chi connectivity index (χ3n) is 2.82. The van der Waals surface area contributed by atoms with Crippen LogP contribution in [0.3, 0.4) is 0 Å². The van der Waals surface area contributed by atoms with E-state index in [2.05, 4.69) is 0 Å². The predicted molar refractivity (Wildman–Crippen MR) is 61.6 cm³/mol. The van der Waals surface area contributed by atoms with Crippen LogP contribution in [0, 0.1) is 0 Å². The topological polar surface area (TPSA) is 64.3 Å². The number of hydrazine groups is 1. The molecule has 1 aromatic rings. The summed E-state index contributed by atoms with van der Waals surface area (Å²) in [6, 6.07) is 4.62. The molecule has 1 aliphatic rings. The number of nitrogens with two attached hydrogens (primary N) is 1. The first-order valence-electron chi connectivity index (χ1n) is 5.75. The lowest BCUT2D eigenvalue weighted by atomic mass is 10.1. The first-order valence-corrected chi connectivity index (χ1v) is 5.75. The number of carbonyl (C=O) groups excluding carboxylic acids is 1. The van der Waals surface area contributed by atoms with E-state index in [0.29, 0.717) is 5.92 Å². The average molecular weight is 274 g/mol. The van der Waals surface area contributed by atoms with Crippen LogP contribution in [0.2, 0.25) is 0 Å². The minimum atomic E-state index is -4.45. The number of alkyl halides is 3. The number of nitrogen functional groups attached to an aromatic ring is 1. The third-order valence-corrected chi connectivity index (χ3v) is 2.82. The molecule has 0 heterocycles. The minimum Gasteiger partial charge on any atom is -0.483 e. The SMILES string of the molecule is NNC(=O)c1ccc(C2CC2)cc1OCC(F)(F)F. The zero-order valence-corrected chi connectivity index (χ0v) is 9.96. The lowest BCUT2D eigenvalue weighted by Crippen LogP contribution is -2.31. The van der Waals surface area contributed by atoms with Gasteiger partial charge in [-0.15, -0.1) is 0 Å². The van der Waals surface area contributed by atoms with Crippen LogP contribution in [-0.4, -0.2) is 18.7 Å². The molecule has 0 aliphatic heterocycles. The molecule has 2 rings (SSSR count). The quantitative estimate of drug-likeness (QED) is 0.502. The van der Waals surface area contributed by atoms with Gasteiger partial charge in [0.05, 0.1) is 5.56 Å². The molecular weight excluding hydrogens is 261 g/mol. The minimum absolute atomic E-state index is 0.00356. The van der Waals surface area contributed by atoms with Crippen molar-refractivity contribution in [2.45, 2.75) is 24.9 Å². The first-order chi connectivity index (χ1) is 8.90. The normalized spacial score (nSPS) is 15.2. The highest BCUT2D eigenvalue weighted by molar-refractivity contribution is 5.96. The molecule has 0 radical (unpaired) electrons. The highest BCUT2D eigenvalue weighted by atomic mass is 19.4. The summed E-state index contributed by atoms with van der Waals surface area (Å²) >= 11 is 0. The Hall–Kier alpha value is -1.76. The Labute approximate surface area is 107 Å². The molecule has 1 amide bonds. The Morgan fingerprint density at radius 1 is 1.42 bits per heavy atom. The lowest BCUT2D eigenvalue weighted by Gasteiger charge is -2.13. The maximum atomic E-state index is 12.2. The van der Waals surface area contributed by atoms with Crippen molar-refractivity contribution < 1.29 is 22.7 Å². The summed E-state index contributed by atoms with van der Waals surface area (Å²) in [7, 11) is 0. The van der Waals surface area contributed by atoms with Crippen LogP contribution in [0.5, 0.6) is 5.75 Å². The molecule has 3 N–H and O–H groups in total. The highest BCUT2D eigenvalue weighted by Crippen LogP contribution is 2.41. The van der Waals surface area contributed by atoms with Crippen molar-refractivity contribution in [3.05, 3.63) is 29.3 Å². The molecular formula is C12H13F3N2O2. The molecule has 0 saturated heterocycles. The number of halogens is 3. The van der Waals surface area contributed by atoms with Gasteiger partial charge in [-0.05, 0) is 36.5 Å². The maximum Gasteiger partial charge on any atom is 0.422 e. The van der Waals surface area contributed by atoms with Crippen LogP contribution in [0.25, 0.3) is 0 Å². The number of ether oxygens (including phenoxy) is 1. The van der Waals surface area contributed by atoms with Crippen molar-refractivity contribution in [3.63, 3.8) is 0 Å². The second-order valence-electron chi connectivity index (χ2n) is 4.41.